The first-order valence-corrected chi connectivity index (χ1v) is 4.75. The Bertz CT molecular complexity index is 349. The standard InChI is InChI=1S/C3N6OS2/c4-1-11-12(7-2-10)3-6-9-8-5. The van der Waals surface area contributed by atoms with Gasteiger partial charge in [-0.3, -0.25) is 0 Å². The average Bonchev–Trinajstić information content (AvgIpc) is 2.06. The summed E-state index contributed by atoms with van der Waals surface area (Å²) >= 11 is 0. The first-order valence-electron chi connectivity index (χ1n) is 2.23. The molecular formula is C3N6OS2. The fourth-order valence-corrected chi connectivity index (χ4v) is 1.19. The van der Waals surface area contributed by atoms with Crippen molar-refractivity contribution in [3.8, 4) is 5.40 Å². The Labute approximate surface area is 72.9 Å². The summed E-state index contributed by atoms with van der Waals surface area (Å²) in [5.74, 6) is 0. The molecule has 0 fully saturated rings. The van der Waals surface area contributed by atoms with Gasteiger partial charge >= 0.3 is 0 Å². The second-order valence-electron chi connectivity index (χ2n) is 0.977. The summed E-state index contributed by atoms with van der Waals surface area (Å²) in [6.45, 7) is 0. The molecule has 0 N–H and O–H groups in total. The monoisotopic (exact) mass is 200 g/mol. The number of hydrogen-bond acceptors (Lipinski definition) is 5. The lowest BCUT2D eigenvalue weighted by atomic mass is 11.7. The van der Waals surface area contributed by atoms with Crippen LogP contribution in [0.15, 0.2) is 14.7 Å². The molecule has 12 heavy (non-hydrogen) atoms. The number of carbonyl (C=O) groups excluding carboxylic acids is 1. The summed E-state index contributed by atoms with van der Waals surface area (Å²) in [5, 5.41) is 17.8. The summed E-state index contributed by atoms with van der Waals surface area (Å²) in [6, 6.07) is 0. The van der Waals surface area contributed by atoms with E-state index in [1.165, 1.54) is 6.08 Å². The molecule has 0 radical (unpaired) electrons. The SMILES string of the molecule is N#CSS(=C=NN=[N+]=[N-])N=C=O. The zero-order chi connectivity index (χ0) is 9.23. The van der Waals surface area contributed by atoms with Crippen LogP contribution in [0.1, 0.15) is 0 Å². The molecule has 0 amide bonds. The largest absolute Gasteiger partial charge is 0.248 e. The van der Waals surface area contributed by atoms with Gasteiger partial charge in [-0.2, -0.15) is 10.2 Å². The third-order valence-corrected chi connectivity index (χ3v) is 2.30. The molecule has 0 aliphatic rings. The zero-order valence-electron chi connectivity index (χ0n) is 5.41. The average molecular weight is 200 g/mol. The van der Waals surface area contributed by atoms with Gasteiger partial charge in [0.15, 0.2) is 5.16 Å². The maximum atomic E-state index is 9.73. The Kier molecular flexibility index (Phi) is 6.59. The molecule has 0 aromatic rings. The number of isothiocyanates is 1. The predicted molar refractivity (Wildman–Crippen MR) is 45.5 cm³/mol. The van der Waals surface area contributed by atoms with Crippen molar-refractivity contribution < 1.29 is 4.79 Å². The maximum Gasteiger partial charge on any atom is 0.248 e. The second-order valence-corrected chi connectivity index (χ2v) is 3.64. The van der Waals surface area contributed by atoms with Gasteiger partial charge in [0.1, 0.15) is 15.1 Å². The van der Waals surface area contributed by atoms with Crippen LogP contribution >= 0.6 is 20.5 Å². The third-order valence-electron chi connectivity index (χ3n) is 0.440. The van der Waals surface area contributed by atoms with Crippen molar-refractivity contribution in [1.82, 2.24) is 0 Å². The lowest BCUT2D eigenvalue weighted by Crippen LogP contribution is -1.54. The fourth-order valence-electron chi connectivity index (χ4n) is 0.200. The zero-order valence-corrected chi connectivity index (χ0v) is 7.04. The van der Waals surface area contributed by atoms with E-state index in [0.29, 0.717) is 10.8 Å². The van der Waals surface area contributed by atoms with Gasteiger partial charge in [0.2, 0.25) is 6.08 Å². The Morgan fingerprint density at radius 1 is 1.67 bits per heavy atom. The number of isocyanates is 1. The van der Waals surface area contributed by atoms with Gasteiger partial charge in [-0.05, 0) is 0 Å². The highest BCUT2D eigenvalue weighted by molar-refractivity contribution is 8.84. The van der Waals surface area contributed by atoms with Gasteiger partial charge in [0.05, 0.1) is 10.8 Å². The first-order chi connectivity index (χ1) is 5.85. The summed E-state index contributed by atoms with van der Waals surface area (Å²) in [5.41, 5.74) is 7.79. The molecule has 0 aromatic carbocycles. The van der Waals surface area contributed by atoms with E-state index in [2.05, 4.69) is 24.8 Å². The number of nitriles is 1. The van der Waals surface area contributed by atoms with Crippen LogP contribution in [-0.2, 0) is 4.79 Å². The lowest BCUT2D eigenvalue weighted by Gasteiger charge is -1.77. The second kappa shape index (κ2) is 7.57. The van der Waals surface area contributed by atoms with Crippen molar-refractivity contribution >= 4 is 31.7 Å². The van der Waals surface area contributed by atoms with Crippen LogP contribution in [0.3, 0.4) is 0 Å². The van der Waals surface area contributed by atoms with Crippen molar-refractivity contribution in [1.29, 1.82) is 5.26 Å². The van der Waals surface area contributed by atoms with Crippen LogP contribution in [0.4, 0.5) is 0 Å². The lowest BCUT2D eigenvalue weighted by molar-refractivity contribution is 0.566. The van der Waals surface area contributed by atoms with E-state index in [0.717, 1.165) is 0 Å². The topological polar surface area (TPSA) is 114 Å². The Morgan fingerprint density at radius 3 is 2.92 bits per heavy atom. The summed E-state index contributed by atoms with van der Waals surface area (Å²) in [7, 11) is -0.483. The van der Waals surface area contributed by atoms with Gasteiger partial charge in [-0.1, -0.05) is 0 Å². The van der Waals surface area contributed by atoms with E-state index in [1.807, 2.05) is 0 Å². The molecule has 0 aliphatic heterocycles. The number of thiocyanates is 1. The van der Waals surface area contributed by atoms with Gasteiger partial charge < -0.3 is 0 Å². The van der Waals surface area contributed by atoms with Crippen molar-refractivity contribution in [2.45, 2.75) is 0 Å². The Morgan fingerprint density at radius 2 is 2.42 bits per heavy atom. The predicted octanol–water partition coefficient (Wildman–Crippen LogP) is 1.77. The maximum absolute atomic E-state index is 9.73. The quantitative estimate of drug-likeness (QED) is 0.0795. The molecule has 0 bridgehead atoms. The number of nitrogens with zero attached hydrogens (tertiary/aromatic N) is 6. The smallest absolute Gasteiger partial charge is 0.210 e. The van der Waals surface area contributed by atoms with Crippen LogP contribution in [0.5, 0.6) is 0 Å². The normalized spacial score (nSPS) is 9.25. The summed E-state index contributed by atoms with van der Waals surface area (Å²) in [6.07, 6.45) is 1.24. The van der Waals surface area contributed by atoms with E-state index < -0.39 is 9.70 Å². The van der Waals surface area contributed by atoms with Crippen molar-refractivity contribution in [3.05, 3.63) is 10.4 Å². The van der Waals surface area contributed by atoms with E-state index in [1.54, 1.807) is 5.40 Å². The minimum Gasteiger partial charge on any atom is -0.210 e. The van der Waals surface area contributed by atoms with E-state index in [9.17, 15) is 4.79 Å². The van der Waals surface area contributed by atoms with Crippen LogP contribution < -0.4 is 0 Å². The highest BCUT2D eigenvalue weighted by atomic mass is 33.1. The minimum atomic E-state index is -1.15. The summed E-state index contributed by atoms with van der Waals surface area (Å²) in [4.78, 5) is 12.0. The first kappa shape index (κ1) is 10.5. The van der Waals surface area contributed by atoms with E-state index in [4.69, 9.17) is 10.8 Å². The van der Waals surface area contributed by atoms with Crippen LogP contribution in [0, 0.1) is 10.7 Å². The van der Waals surface area contributed by atoms with Gasteiger partial charge in [-0.15, -0.1) is 9.93 Å². The molecule has 0 aromatic heterocycles. The van der Waals surface area contributed by atoms with Gasteiger partial charge in [0, 0.05) is 10.3 Å². The molecule has 7 nitrogen and oxygen atoms in total. The van der Waals surface area contributed by atoms with Crippen LogP contribution in [-0.4, -0.2) is 11.2 Å². The Hall–Kier alpha value is -1.54. The Balaban J connectivity index is 4.72. The van der Waals surface area contributed by atoms with Gasteiger partial charge in [-0.25, -0.2) is 4.79 Å². The van der Waals surface area contributed by atoms with Crippen molar-refractivity contribution in [2.24, 2.45) is 14.7 Å². The number of hydrogen-bond donors (Lipinski definition) is 0. The molecule has 0 heterocycles. The minimum absolute atomic E-state index is 0.667. The molecule has 0 saturated carbocycles. The molecule has 0 saturated heterocycles. The number of azide groups is 1. The molecule has 60 valence electrons. The van der Waals surface area contributed by atoms with Crippen LogP contribution in [0.2, 0.25) is 0 Å². The summed E-state index contributed by atoms with van der Waals surface area (Å²) < 4.78 is 3.16. The molecule has 1 atom stereocenters. The fraction of sp³-hybridized carbons (Fsp3) is 0. The third kappa shape index (κ3) is 5.26. The van der Waals surface area contributed by atoms with Crippen molar-refractivity contribution in [2.75, 3.05) is 0 Å². The van der Waals surface area contributed by atoms with Gasteiger partial charge in [0.25, 0.3) is 0 Å². The van der Waals surface area contributed by atoms with Crippen LogP contribution in [0.25, 0.3) is 10.4 Å². The highest BCUT2D eigenvalue weighted by Gasteiger charge is 1.91. The number of rotatable bonds is 3. The molecule has 9 heteroatoms. The highest BCUT2D eigenvalue weighted by Crippen LogP contribution is 2.28. The molecular weight excluding hydrogens is 200 g/mol. The molecule has 0 spiro atoms. The molecule has 0 rings (SSSR count). The molecule has 1 unspecified atom stereocenters. The molecule has 0 aliphatic carbocycles. The van der Waals surface area contributed by atoms with E-state index in [-0.39, 0.29) is 0 Å². The van der Waals surface area contributed by atoms with E-state index >= 15 is 0 Å². The van der Waals surface area contributed by atoms with Crippen molar-refractivity contribution in [3.63, 3.8) is 0 Å².